The van der Waals surface area contributed by atoms with Crippen LogP contribution in [0.3, 0.4) is 0 Å². The number of amides is 1. The molecule has 104 valence electrons. The summed E-state index contributed by atoms with van der Waals surface area (Å²) in [5.41, 5.74) is 4.36. The fourth-order valence-electron chi connectivity index (χ4n) is 1.68. The Bertz CT molecular complexity index is 645. The molecule has 0 spiro atoms. The van der Waals surface area contributed by atoms with Crippen molar-refractivity contribution in [2.75, 3.05) is 0 Å². The molecule has 0 aliphatic heterocycles. The predicted molar refractivity (Wildman–Crippen MR) is 68.6 cm³/mol. The fourth-order valence-corrected chi connectivity index (χ4v) is 1.68. The summed E-state index contributed by atoms with van der Waals surface area (Å²) in [6.07, 6.45) is 0.264. The van der Waals surface area contributed by atoms with E-state index in [-0.39, 0.29) is 17.9 Å². The number of para-hydroxylation sites is 1. The molecule has 0 fully saturated rings. The second-order valence-electron chi connectivity index (χ2n) is 4.00. The Morgan fingerprint density at radius 1 is 1.25 bits per heavy atom. The molecular weight excluding hydrogens is 266 g/mol. The fraction of sp³-hybridized carbons (Fsp3) is 0.143. The van der Waals surface area contributed by atoms with Crippen LogP contribution in [0.1, 0.15) is 23.1 Å². The van der Waals surface area contributed by atoms with Gasteiger partial charge in [-0.2, -0.15) is 4.39 Å². The van der Waals surface area contributed by atoms with Crippen molar-refractivity contribution < 1.29 is 18.3 Å². The van der Waals surface area contributed by atoms with Gasteiger partial charge in [0.05, 0.1) is 5.69 Å². The van der Waals surface area contributed by atoms with E-state index in [2.05, 4.69) is 4.98 Å². The van der Waals surface area contributed by atoms with E-state index in [0.29, 0.717) is 5.75 Å². The molecule has 0 unspecified atom stereocenters. The number of carbonyl (C=O) groups is 1. The highest BCUT2D eigenvalue weighted by Crippen LogP contribution is 2.30. The molecule has 1 aromatic heterocycles. The van der Waals surface area contributed by atoms with Crippen LogP contribution in [0.4, 0.5) is 8.78 Å². The van der Waals surface area contributed by atoms with Gasteiger partial charge < -0.3 is 10.5 Å². The lowest BCUT2D eigenvalue weighted by Crippen LogP contribution is -2.18. The standard InChI is InChI=1S/C14H12F2N2O2/c1-2-9-13(20-8-6-4-3-5-7-8)11(16)10(15)12(18-9)14(17)19/h3-7H,2H2,1H3,(H2,17,19). The van der Waals surface area contributed by atoms with Crippen molar-refractivity contribution in [3.05, 3.63) is 53.4 Å². The van der Waals surface area contributed by atoms with Gasteiger partial charge in [0.1, 0.15) is 5.75 Å². The zero-order valence-corrected chi connectivity index (χ0v) is 10.7. The van der Waals surface area contributed by atoms with Crippen molar-refractivity contribution in [1.82, 2.24) is 4.98 Å². The number of hydrogen-bond acceptors (Lipinski definition) is 3. The summed E-state index contributed by atoms with van der Waals surface area (Å²) < 4.78 is 33.0. The number of carbonyl (C=O) groups excluding carboxylic acids is 1. The van der Waals surface area contributed by atoms with Gasteiger partial charge in [-0.1, -0.05) is 25.1 Å². The first-order valence-corrected chi connectivity index (χ1v) is 5.95. The minimum absolute atomic E-state index is 0.126. The summed E-state index contributed by atoms with van der Waals surface area (Å²) in [4.78, 5) is 14.8. The van der Waals surface area contributed by atoms with Gasteiger partial charge in [-0.3, -0.25) is 4.79 Å². The summed E-state index contributed by atoms with van der Waals surface area (Å²) in [6.45, 7) is 1.68. The van der Waals surface area contributed by atoms with E-state index in [9.17, 15) is 13.6 Å². The Balaban J connectivity index is 2.52. The largest absolute Gasteiger partial charge is 0.452 e. The number of hydrogen-bond donors (Lipinski definition) is 1. The summed E-state index contributed by atoms with van der Waals surface area (Å²) in [6, 6.07) is 8.34. The SMILES string of the molecule is CCc1nc(C(N)=O)c(F)c(F)c1Oc1ccccc1. The van der Waals surface area contributed by atoms with E-state index < -0.39 is 23.2 Å². The minimum Gasteiger partial charge on any atom is -0.452 e. The highest BCUT2D eigenvalue weighted by Gasteiger charge is 2.23. The van der Waals surface area contributed by atoms with Crippen LogP contribution in [0.2, 0.25) is 0 Å². The Morgan fingerprint density at radius 2 is 1.90 bits per heavy atom. The summed E-state index contributed by atoms with van der Waals surface area (Å²) in [7, 11) is 0. The number of halogens is 2. The van der Waals surface area contributed by atoms with Crippen molar-refractivity contribution in [2.24, 2.45) is 5.73 Å². The summed E-state index contributed by atoms with van der Waals surface area (Å²) >= 11 is 0. The van der Waals surface area contributed by atoms with Crippen molar-refractivity contribution in [2.45, 2.75) is 13.3 Å². The molecule has 6 heteroatoms. The Kier molecular flexibility index (Phi) is 3.93. The maximum absolute atomic E-state index is 14.0. The molecule has 0 saturated heterocycles. The van der Waals surface area contributed by atoms with Crippen LogP contribution in [0.5, 0.6) is 11.5 Å². The quantitative estimate of drug-likeness (QED) is 0.935. The first-order chi connectivity index (χ1) is 9.54. The first-order valence-electron chi connectivity index (χ1n) is 5.95. The van der Waals surface area contributed by atoms with Gasteiger partial charge in [0.25, 0.3) is 5.91 Å². The lowest BCUT2D eigenvalue weighted by molar-refractivity contribution is 0.0989. The molecular formula is C14H12F2N2O2. The van der Waals surface area contributed by atoms with Gasteiger partial charge in [-0.15, -0.1) is 0 Å². The van der Waals surface area contributed by atoms with Crippen LogP contribution in [0, 0.1) is 11.6 Å². The van der Waals surface area contributed by atoms with Gasteiger partial charge in [0.2, 0.25) is 5.82 Å². The van der Waals surface area contributed by atoms with E-state index in [0.717, 1.165) is 0 Å². The molecule has 1 heterocycles. The van der Waals surface area contributed by atoms with E-state index in [1.54, 1.807) is 37.3 Å². The summed E-state index contributed by atoms with van der Waals surface area (Å²) in [5.74, 6) is -3.78. The molecule has 2 rings (SSSR count). The lowest BCUT2D eigenvalue weighted by atomic mass is 10.2. The number of primary amides is 1. The number of aryl methyl sites for hydroxylation is 1. The Hall–Kier alpha value is -2.50. The number of pyridine rings is 1. The summed E-state index contributed by atoms with van der Waals surface area (Å²) in [5, 5.41) is 0. The number of ether oxygens (including phenoxy) is 1. The molecule has 0 aliphatic rings. The molecule has 0 atom stereocenters. The predicted octanol–water partition coefficient (Wildman–Crippen LogP) is 2.81. The van der Waals surface area contributed by atoms with Crippen molar-refractivity contribution in [1.29, 1.82) is 0 Å². The number of nitrogens with zero attached hydrogens (tertiary/aromatic N) is 1. The van der Waals surface area contributed by atoms with Crippen molar-refractivity contribution in [3.8, 4) is 11.5 Å². The molecule has 2 N–H and O–H groups in total. The molecule has 2 aromatic rings. The molecule has 4 nitrogen and oxygen atoms in total. The van der Waals surface area contributed by atoms with E-state index in [1.165, 1.54) is 0 Å². The van der Waals surface area contributed by atoms with Gasteiger partial charge in [-0.05, 0) is 18.6 Å². The molecule has 1 aromatic carbocycles. The third kappa shape index (κ3) is 2.59. The zero-order chi connectivity index (χ0) is 14.7. The van der Waals surface area contributed by atoms with Crippen LogP contribution >= 0.6 is 0 Å². The monoisotopic (exact) mass is 278 g/mol. The average Bonchev–Trinajstić information content (AvgIpc) is 2.45. The smallest absolute Gasteiger partial charge is 0.270 e. The number of benzene rings is 1. The first kappa shape index (κ1) is 13.9. The molecule has 0 bridgehead atoms. The topological polar surface area (TPSA) is 65.2 Å². The third-order valence-electron chi connectivity index (χ3n) is 2.64. The van der Waals surface area contributed by atoms with E-state index in [1.807, 2.05) is 0 Å². The second kappa shape index (κ2) is 5.64. The van der Waals surface area contributed by atoms with E-state index in [4.69, 9.17) is 10.5 Å². The number of nitrogens with two attached hydrogens (primary N) is 1. The van der Waals surface area contributed by atoms with Crippen LogP contribution < -0.4 is 10.5 Å². The highest BCUT2D eigenvalue weighted by molar-refractivity contribution is 5.91. The van der Waals surface area contributed by atoms with E-state index >= 15 is 0 Å². The van der Waals surface area contributed by atoms with Crippen LogP contribution in [0.25, 0.3) is 0 Å². The number of aromatic nitrogens is 1. The second-order valence-corrected chi connectivity index (χ2v) is 4.00. The van der Waals surface area contributed by atoms with Gasteiger partial charge in [-0.25, -0.2) is 9.37 Å². The Labute approximate surface area is 114 Å². The molecule has 0 saturated carbocycles. The molecule has 0 aliphatic carbocycles. The van der Waals surface area contributed by atoms with Crippen molar-refractivity contribution in [3.63, 3.8) is 0 Å². The molecule has 20 heavy (non-hydrogen) atoms. The maximum Gasteiger partial charge on any atom is 0.270 e. The Morgan fingerprint density at radius 3 is 2.45 bits per heavy atom. The number of rotatable bonds is 4. The van der Waals surface area contributed by atoms with Crippen LogP contribution in [-0.4, -0.2) is 10.9 Å². The van der Waals surface area contributed by atoms with Crippen molar-refractivity contribution >= 4 is 5.91 Å². The van der Waals surface area contributed by atoms with Crippen LogP contribution in [0.15, 0.2) is 30.3 Å². The maximum atomic E-state index is 14.0. The lowest BCUT2D eigenvalue weighted by Gasteiger charge is -2.12. The molecule has 1 amide bonds. The molecule has 0 radical (unpaired) electrons. The van der Waals surface area contributed by atoms with Gasteiger partial charge >= 0.3 is 0 Å². The van der Waals surface area contributed by atoms with Gasteiger partial charge in [0.15, 0.2) is 17.3 Å². The average molecular weight is 278 g/mol. The van der Waals surface area contributed by atoms with Gasteiger partial charge in [0, 0.05) is 0 Å². The zero-order valence-electron chi connectivity index (χ0n) is 10.7. The normalized spacial score (nSPS) is 10.3. The highest BCUT2D eigenvalue weighted by atomic mass is 19.2. The minimum atomic E-state index is -1.40. The van der Waals surface area contributed by atoms with Crippen LogP contribution in [-0.2, 0) is 6.42 Å². The third-order valence-corrected chi connectivity index (χ3v) is 2.64.